The van der Waals surface area contributed by atoms with E-state index in [0.29, 0.717) is 22.7 Å². The highest BCUT2D eigenvalue weighted by Crippen LogP contribution is 2.36. The molecule has 3 aromatic rings. The van der Waals surface area contributed by atoms with Crippen LogP contribution in [0.3, 0.4) is 0 Å². The first-order valence-electron chi connectivity index (χ1n) is 9.65. The lowest BCUT2D eigenvalue weighted by atomic mass is 10.0. The summed E-state index contributed by atoms with van der Waals surface area (Å²) in [5.41, 5.74) is 1.79. The van der Waals surface area contributed by atoms with E-state index in [1.165, 1.54) is 4.68 Å². The molecule has 5 rings (SSSR count). The first kappa shape index (κ1) is 17.1. The molecular weight excluding hydrogens is 360 g/mol. The van der Waals surface area contributed by atoms with E-state index in [9.17, 15) is 9.59 Å². The fourth-order valence-electron chi connectivity index (χ4n) is 4.22. The van der Waals surface area contributed by atoms with Gasteiger partial charge in [0.2, 0.25) is 12.7 Å². The standard InChI is InChI=1S/C20H22N4O4/c1-12-7-14-8-16-17(28-11-27-16)9-15(14)24-19(12)21-23(20(24)26)10-18(25)22-6-4-3-5-13(22)2/h7-9,13H,3-6,10-11H2,1-2H3/t13-/m1/s1. The Balaban J connectivity index is 1.60. The lowest BCUT2D eigenvalue weighted by Crippen LogP contribution is -2.44. The molecule has 0 saturated carbocycles. The predicted octanol–water partition coefficient (Wildman–Crippen LogP) is 2.09. The van der Waals surface area contributed by atoms with Crippen molar-refractivity contribution in [3.63, 3.8) is 0 Å². The van der Waals surface area contributed by atoms with Crippen LogP contribution < -0.4 is 15.2 Å². The summed E-state index contributed by atoms with van der Waals surface area (Å²) in [5, 5.41) is 5.33. The van der Waals surface area contributed by atoms with Gasteiger partial charge in [-0.05, 0) is 50.8 Å². The molecule has 0 aliphatic carbocycles. The molecule has 8 nitrogen and oxygen atoms in total. The van der Waals surface area contributed by atoms with Crippen molar-refractivity contribution in [2.45, 2.75) is 45.7 Å². The van der Waals surface area contributed by atoms with Crippen LogP contribution >= 0.6 is 0 Å². The minimum Gasteiger partial charge on any atom is -0.454 e. The molecule has 0 bridgehead atoms. The third kappa shape index (κ3) is 2.55. The van der Waals surface area contributed by atoms with E-state index in [1.807, 2.05) is 24.0 Å². The number of pyridine rings is 1. The van der Waals surface area contributed by atoms with Gasteiger partial charge in [-0.1, -0.05) is 0 Å². The number of benzene rings is 1. The molecule has 8 heteroatoms. The molecule has 2 aliphatic heterocycles. The highest BCUT2D eigenvalue weighted by atomic mass is 16.7. The fraction of sp³-hybridized carbons (Fsp3) is 0.450. The molecular formula is C20H22N4O4. The Morgan fingerprint density at radius 2 is 2.00 bits per heavy atom. The van der Waals surface area contributed by atoms with Crippen molar-refractivity contribution in [1.82, 2.24) is 19.1 Å². The molecule has 1 fully saturated rings. The molecule has 28 heavy (non-hydrogen) atoms. The third-order valence-electron chi connectivity index (χ3n) is 5.74. The fourth-order valence-corrected chi connectivity index (χ4v) is 4.22. The third-order valence-corrected chi connectivity index (χ3v) is 5.74. The van der Waals surface area contributed by atoms with E-state index < -0.39 is 0 Å². The van der Waals surface area contributed by atoms with E-state index in [4.69, 9.17) is 9.47 Å². The molecule has 0 N–H and O–H groups in total. The van der Waals surface area contributed by atoms with Gasteiger partial charge in [0.1, 0.15) is 6.54 Å². The lowest BCUT2D eigenvalue weighted by Gasteiger charge is -2.33. The highest BCUT2D eigenvalue weighted by Gasteiger charge is 2.25. The Bertz CT molecular complexity index is 1160. The Labute approximate surface area is 161 Å². The first-order chi connectivity index (χ1) is 13.5. The number of nitrogens with zero attached hydrogens (tertiary/aromatic N) is 4. The SMILES string of the molecule is Cc1cc2cc3c(cc2n2c(=O)n(CC(=O)N4CCCC[C@H]4C)nc12)OCO3. The Morgan fingerprint density at radius 3 is 2.79 bits per heavy atom. The number of hydrogen-bond acceptors (Lipinski definition) is 5. The summed E-state index contributed by atoms with van der Waals surface area (Å²) < 4.78 is 13.7. The summed E-state index contributed by atoms with van der Waals surface area (Å²) in [5.74, 6) is 1.22. The normalized spacial score (nSPS) is 18.9. The van der Waals surface area contributed by atoms with Crippen molar-refractivity contribution in [2.24, 2.45) is 0 Å². The van der Waals surface area contributed by atoms with E-state index in [-0.39, 0.29) is 31.0 Å². The Morgan fingerprint density at radius 1 is 1.21 bits per heavy atom. The van der Waals surface area contributed by atoms with Gasteiger partial charge < -0.3 is 14.4 Å². The number of amides is 1. The summed E-state index contributed by atoms with van der Waals surface area (Å²) in [6.45, 7) is 4.84. The summed E-state index contributed by atoms with van der Waals surface area (Å²) in [6, 6.07) is 5.84. The minimum absolute atomic E-state index is 0.0453. The van der Waals surface area contributed by atoms with E-state index in [2.05, 4.69) is 12.0 Å². The highest BCUT2D eigenvalue weighted by molar-refractivity contribution is 5.87. The number of ether oxygens (including phenoxy) is 2. The zero-order valence-electron chi connectivity index (χ0n) is 16.0. The number of carbonyl (C=O) groups excluding carboxylic acids is 1. The average Bonchev–Trinajstić information content (AvgIpc) is 3.25. The van der Waals surface area contributed by atoms with Crippen LogP contribution in [0, 0.1) is 6.92 Å². The van der Waals surface area contributed by atoms with Gasteiger partial charge in [-0.15, -0.1) is 5.10 Å². The monoisotopic (exact) mass is 382 g/mol. The molecule has 2 aromatic heterocycles. The van der Waals surface area contributed by atoms with Crippen LogP contribution in [0.25, 0.3) is 16.6 Å². The molecule has 2 aliphatic rings. The maximum absolute atomic E-state index is 13.1. The lowest BCUT2D eigenvalue weighted by molar-refractivity contribution is -0.135. The topological polar surface area (TPSA) is 78.1 Å². The van der Waals surface area contributed by atoms with Crippen molar-refractivity contribution in [3.05, 3.63) is 34.2 Å². The number of carbonyl (C=O) groups is 1. The number of rotatable bonds is 2. The van der Waals surface area contributed by atoms with Gasteiger partial charge in [0.25, 0.3) is 0 Å². The minimum atomic E-state index is -0.319. The zero-order chi connectivity index (χ0) is 19.4. The van der Waals surface area contributed by atoms with Crippen LogP contribution in [0.1, 0.15) is 31.7 Å². The van der Waals surface area contributed by atoms with Crippen LogP contribution in [-0.4, -0.2) is 44.4 Å². The quantitative estimate of drug-likeness (QED) is 0.678. The summed E-state index contributed by atoms with van der Waals surface area (Å²) >= 11 is 0. The maximum Gasteiger partial charge on any atom is 0.351 e. The second kappa shape index (κ2) is 6.25. The van der Waals surface area contributed by atoms with Gasteiger partial charge >= 0.3 is 5.69 Å². The van der Waals surface area contributed by atoms with Gasteiger partial charge in [-0.25, -0.2) is 13.9 Å². The Kier molecular flexibility index (Phi) is 3.82. The Hall–Kier alpha value is -3.03. The van der Waals surface area contributed by atoms with Crippen molar-refractivity contribution >= 4 is 22.5 Å². The molecule has 0 radical (unpaired) electrons. The first-order valence-corrected chi connectivity index (χ1v) is 9.65. The number of fused-ring (bicyclic) bond motifs is 4. The van der Waals surface area contributed by atoms with E-state index in [1.54, 1.807) is 10.5 Å². The van der Waals surface area contributed by atoms with Gasteiger partial charge in [-0.3, -0.25) is 4.79 Å². The molecule has 1 atom stereocenters. The number of piperidine rings is 1. The molecule has 1 saturated heterocycles. The molecule has 0 unspecified atom stereocenters. The second-order valence-corrected chi connectivity index (χ2v) is 7.62. The van der Waals surface area contributed by atoms with Gasteiger partial charge in [0, 0.05) is 24.0 Å². The van der Waals surface area contributed by atoms with Crippen molar-refractivity contribution in [1.29, 1.82) is 0 Å². The van der Waals surface area contributed by atoms with Gasteiger partial charge in [0.15, 0.2) is 17.1 Å². The molecule has 0 spiro atoms. The number of likely N-dealkylation sites (tertiary alicyclic amines) is 1. The van der Waals surface area contributed by atoms with Crippen molar-refractivity contribution < 1.29 is 14.3 Å². The maximum atomic E-state index is 13.1. The van der Waals surface area contributed by atoms with Crippen LogP contribution in [-0.2, 0) is 11.3 Å². The van der Waals surface area contributed by atoms with Gasteiger partial charge in [-0.2, -0.15) is 0 Å². The molecule has 1 amide bonds. The number of hydrogen-bond donors (Lipinski definition) is 0. The van der Waals surface area contributed by atoms with E-state index >= 15 is 0 Å². The molecule has 1 aromatic carbocycles. The predicted molar refractivity (Wildman–Crippen MR) is 103 cm³/mol. The molecule has 146 valence electrons. The van der Waals surface area contributed by atoms with Crippen LogP contribution in [0.4, 0.5) is 0 Å². The van der Waals surface area contributed by atoms with Crippen LogP contribution in [0.15, 0.2) is 23.0 Å². The van der Waals surface area contributed by atoms with Crippen molar-refractivity contribution in [3.8, 4) is 11.5 Å². The summed E-state index contributed by atoms with van der Waals surface area (Å²) in [7, 11) is 0. The second-order valence-electron chi connectivity index (χ2n) is 7.62. The van der Waals surface area contributed by atoms with E-state index in [0.717, 1.165) is 36.8 Å². The average molecular weight is 382 g/mol. The molecule has 4 heterocycles. The van der Waals surface area contributed by atoms with Gasteiger partial charge in [0.05, 0.1) is 5.52 Å². The zero-order valence-corrected chi connectivity index (χ0v) is 16.0. The smallest absolute Gasteiger partial charge is 0.351 e. The summed E-state index contributed by atoms with van der Waals surface area (Å²) in [4.78, 5) is 27.8. The van der Waals surface area contributed by atoms with Crippen LogP contribution in [0.2, 0.25) is 0 Å². The largest absolute Gasteiger partial charge is 0.454 e. The number of aromatic nitrogens is 3. The number of aryl methyl sites for hydroxylation is 1. The van der Waals surface area contributed by atoms with Crippen molar-refractivity contribution in [2.75, 3.05) is 13.3 Å². The van der Waals surface area contributed by atoms with Crippen LogP contribution in [0.5, 0.6) is 11.5 Å². The summed E-state index contributed by atoms with van der Waals surface area (Å²) in [6.07, 6.45) is 3.15.